The van der Waals surface area contributed by atoms with Crippen LogP contribution in [0.3, 0.4) is 0 Å². The molecule has 0 radical (unpaired) electrons. The van der Waals surface area contributed by atoms with Crippen molar-refractivity contribution in [2.45, 2.75) is 6.04 Å². The lowest BCUT2D eigenvalue weighted by Gasteiger charge is -2.26. The number of carbonyl (C=O) groups is 2. The molecule has 3 rings (SSSR count). The van der Waals surface area contributed by atoms with Crippen LogP contribution < -0.4 is 4.74 Å². The summed E-state index contributed by atoms with van der Waals surface area (Å²) in [7, 11) is 3.74. The molecule has 2 aromatic carbocycles. The molecular weight excluding hydrogens is 399 g/mol. The van der Waals surface area contributed by atoms with E-state index < -0.39 is 23.5 Å². The van der Waals surface area contributed by atoms with E-state index in [0.717, 1.165) is 0 Å². The number of likely N-dealkylation sites (N-methyl/N-ethyl adjacent to an activating group) is 1. The van der Waals surface area contributed by atoms with Gasteiger partial charge in [0, 0.05) is 18.7 Å². The molecule has 0 aromatic heterocycles. The van der Waals surface area contributed by atoms with Gasteiger partial charge in [0.15, 0.2) is 0 Å². The topological polar surface area (TPSA) is 70.1 Å². The maximum absolute atomic E-state index is 13.3. The van der Waals surface area contributed by atoms with Crippen molar-refractivity contribution in [1.29, 1.82) is 0 Å². The van der Waals surface area contributed by atoms with E-state index in [4.69, 9.17) is 4.74 Å². The minimum Gasteiger partial charge on any atom is -0.507 e. The Bertz CT molecular complexity index is 1010. The third-order valence-corrected chi connectivity index (χ3v) is 4.99. The molecular formula is C24H25FN2O4. The van der Waals surface area contributed by atoms with E-state index in [-0.39, 0.29) is 16.9 Å². The summed E-state index contributed by atoms with van der Waals surface area (Å²) >= 11 is 0. The Hall–Kier alpha value is -3.45. The molecule has 0 unspecified atom stereocenters. The van der Waals surface area contributed by atoms with Crippen molar-refractivity contribution in [2.75, 3.05) is 33.8 Å². The van der Waals surface area contributed by atoms with Gasteiger partial charge in [-0.15, -0.1) is 0 Å². The molecule has 1 N–H and O–H groups in total. The standard InChI is InChI=1S/C24H25FN2O4/c1-4-14-31-19-7-5-6-17(15-19)21-20(22(28)16-8-10-18(25)11-9-16)23(29)24(30)27(21)13-12-26(2)3/h4-11,15,21,28H,1,12-14H2,2-3H3/b22-20-/t21-/m1/s1. The van der Waals surface area contributed by atoms with Crippen molar-refractivity contribution < 1.29 is 23.8 Å². The van der Waals surface area contributed by atoms with Gasteiger partial charge < -0.3 is 19.6 Å². The van der Waals surface area contributed by atoms with Gasteiger partial charge in [-0.25, -0.2) is 4.39 Å². The highest BCUT2D eigenvalue weighted by Crippen LogP contribution is 2.40. The molecule has 0 saturated carbocycles. The molecule has 1 aliphatic rings. The highest BCUT2D eigenvalue weighted by Gasteiger charge is 2.46. The number of benzene rings is 2. The Morgan fingerprint density at radius 1 is 1.23 bits per heavy atom. The molecule has 0 spiro atoms. The van der Waals surface area contributed by atoms with Gasteiger partial charge in [-0.1, -0.05) is 24.8 Å². The number of rotatable bonds is 8. The Morgan fingerprint density at radius 3 is 2.58 bits per heavy atom. The van der Waals surface area contributed by atoms with E-state index in [1.54, 1.807) is 30.3 Å². The normalized spacial score (nSPS) is 17.9. The summed E-state index contributed by atoms with van der Waals surface area (Å²) in [6.07, 6.45) is 1.62. The first-order valence-electron chi connectivity index (χ1n) is 9.86. The van der Waals surface area contributed by atoms with Crippen LogP contribution in [-0.2, 0) is 9.59 Å². The molecule has 1 saturated heterocycles. The molecule has 1 heterocycles. The van der Waals surface area contributed by atoms with Crippen molar-refractivity contribution in [3.8, 4) is 5.75 Å². The van der Waals surface area contributed by atoms with Crippen molar-refractivity contribution in [1.82, 2.24) is 9.80 Å². The van der Waals surface area contributed by atoms with Crippen molar-refractivity contribution in [3.63, 3.8) is 0 Å². The zero-order valence-electron chi connectivity index (χ0n) is 17.5. The molecule has 7 heteroatoms. The van der Waals surface area contributed by atoms with Crippen molar-refractivity contribution in [3.05, 3.63) is 83.7 Å². The largest absolute Gasteiger partial charge is 0.507 e. The average Bonchev–Trinajstić information content (AvgIpc) is 3.01. The third kappa shape index (κ3) is 4.83. The predicted molar refractivity (Wildman–Crippen MR) is 116 cm³/mol. The fourth-order valence-corrected chi connectivity index (χ4v) is 3.46. The van der Waals surface area contributed by atoms with Gasteiger partial charge in [0.1, 0.15) is 23.9 Å². The molecule has 1 fully saturated rings. The van der Waals surface area contributed by atoms with E-state index in [1.807, 2.05) is 19.0 Å². The van der Waals surface area contributed by atoms with Crippen LogP contribution in [0, 0.1) is 5.82 Å². The molecule has 162 valence electrons. The number of Topliss-reactive ketones (excluding diaryl/α,β-unsaturated/α-hetero) is 1. The Morgan fingerprint density at radius 2 is 1.94 bits per heavy atom. The lowest BCUT2D eigenvalue weighted by molar-refractivity contribution is -0.140. The van der Waals surface area contributed by atoms with Gasteiger partial charge in [-0.3, -0.25) is 9.59 Å². The molecule has 0 aliphatic carbocycles. The maximum Gasteiger partial charge on any atom is 0.295 e. The number of ether oxygens (including phenoxy) is 1. The summed E-state index contributed by atoms with van der Waals surface area (Å²) in [6, 6.07) is 11.4. The highest BCUT2D eigenvalue weighted by molar-refractivity contribution is 6.46. The number of likely N-dealkylation sites (tertiary alicyclic amines) is 1. The Labute approximate surface area is 180 Å². The lowest BCUT2D eigenvalue weighted by Crippen LogP contribution is -2.35. The zero-order chi connectivity index (χ0) is 22.5. The number of halogens is 1. The number of carbonyl (C=O) groups excluding carboxylic acids is 2. The van der Waals surface area contributed by atoms with E-state index in [0.29, 0.717) is 31.0 Å². The maximum atomic E-state index is 13.3. The van der Waals surface area contributed by atoms with Crippen LogP contribution in [0.4, 0.5) is 4.39 Å². The molecule has 1 amide bonds. The van der Waals surface area contributed by atoms with Crippen molar-refractivity contribution in [2.24, 2.45) is 0 Å². The quantitative estimate of drug-likeness (QED) is 0.305. The monoisotopic (exact) mass is 424 g/mol. The van der Waals surface area contributed by atoms with Crippen LogP contribution in [-0.4, -0.2) is 60.4 Å². The highest BCUT2D eigenvalue weighted by atomic mass is 19.1. The first-order valence-corrected chi connectivity index (χ1v) is 9.86. The first-order chi connectivity index (χ1) is 14.8. The number of hydrogen-bond donors (Lipinski definition) is 1. The summed E-state index contributed by atoms with van der Waals surface area (Å²) in [5, 5.41) is 10.9. The summed E-state index contributed by atoms with van der Waals surface area (Å²) in [5.41, 5.74) is 0.857. The smallest absolute Gasteiger partial charge is 0.295 e. The van der Waals surface area contributed by atoms with E-state index >= 15 is 0 Å². The fourth-order valence-electron chi connectivity index (χ4n) is 3.46. The second kappa shape index (κ2) is 9.57. The summed E-state index contributed by atoms with van der Waals surface area (Å²) < 4.78 is 18.9. The molecule has 31 heavy (non-hydrogen) atoms. The van der Waals surface area contributed by atoms with Gasteiger partial charge in [0.05, 0.1) is 11.6 Å². The Balaban J connectivity index is 2.12. The van der Waals surface area contributed by atoms with Crippen LogP contribution in [0.5, 0.6) is 5.75 Å². The average molecular weight is 424 g/mol. The number of aliphatic hydroxyl groups is 1. The summed E-state index contributed by atoms with van der Waals surface area (Å²) in [6.45, 7) is 4.76. The second-order valence-electron chi connectivity index (χ2n) is 7.47. The van der Waals surface area contributed by atoms with Gasteiger partial charge >= 0.3 is 0 Å². The number of nitrogens with zero attached hydrogens (tertiary/aromatic N) is 2. The van der Waals surface area contributed by atoms with E-state index in [2.05, 4.69) is 6.58 Å². The lowest BCUT2D eigenvalue weighted by atomic mass is 9.95. The third-order valence-electron chi connectivity index (χ3n) is 4.99. The minimum atomic E-state index is -0.794. The molecule has 2 aromatic rings. The summed E-state index contributed by atoms with van der Waals surface area (Å²) in [4.78, 5) is 29.2. The second-order valence-corrected chi connectivity index (χ2v) is 7.47. The Kier molecular flexibility index (Phi) is 6.87. The fraction of sp³-hybridized carbons (Fsp3) is 0.250. The van der Waals surface area contributed by atoms with Crippen LogP contribution in [0.2, 0.25) is 0 Å². The molecule has 0 bridgehead atoms. The molecule has 6 nitrogen and oxygen atoms in total. The van der Waals surface area contributed by atoms with Gasteiger partial charge in [0.2, 0.25) is 0 Å². The van der Waals surface area contributed by atoms with Gasteiger partial charge in [0.25, 0.3) is 11.7 Å². The zero-order valence-corrected chi connectivity index (χ0v) is 17.5. The van der Waals surface area contributed by atoms with E-state index in [1.165, 1.54) is 29.2 Å². The van der Waals surface area contributed by atoms with Crippen LogP contribution in [0.15, 0.2) is 66.8 Å². The predicted octanol–water partition coefficient (Wildman–Crippen LogP) is 3.37. The van der Waals surface area contributed by atoms with Crippen LogP contribution in [0.25, 0.3) is 5.76 Å². The molecule has 1 aliphatic heterocycles. The number of ketones is 1. The van der Waals surface area contributed by atoms with Gasteiger partial charge in [-0.05, 0) is 56.1 Å². The van der Waals surface area contributed by atoms with Gasteiger partial charge in [-0.2, -0.15) is 0 Å². The summed E-state index contributed by atoms with van der Waals surface area (Å²) in [5.74, 6) is -1.71. The van der Waals surface area contributed by atoms with E-state index in [9.17, 15) is 19.1 Å². The van der Waals surface area contributed by atoms with Crippen molar-refractivity contribution >= 4 is 17.4 Å². The number of amides is 1. The van der Waals surface area contributed by atoms with Crippen LogP contribution >= 0.6 is 0 Å². The van der Waals surface area contributed by atoms with Crippen LogP contribution in [0.1, 0.15) is 17.2 Å². The SMILES string of the molecule is C=CCOc1cccc([C@@H]2/C(=C(/O)c3ccc(F)cc3)C(=O)C(=O)N2CCN(C)C)c1. The number of hydrogen-bond acceptors (Lipinski definition) is 5. The minimum absolute atomic E-state index is 0.0313. The molecule has 1 atom stereocenters. The first kappa shape index (κ1) is 22.2. The number of aliphatic hydroxyl groups excluding tert-OH is 1.